The Balaban J connectivity index is 2.65. The number of pyridine rings is 1. The Labute approximate surface area is 117 Å². The van der Waals surface area contributed by atoms with E-state index in [1.165, 1.54) is 11.5 Å². The van der Waals surface area contributed by atoms with Gasteiger partial charge in [0.2, 0.25) is 0 Å². The Hall–Kier alpha value is -2.10. The molecule has 1 unspecified atom stereocenters. The quantitative estimate of drug-likeness (QED) is 0.915. The first kappa shape index (κ1) is 14.3. The lowest BCUT2D eigenvalue weighted by molar-refractivity contribution is -0.140. The van der Waals surface area contributed by atoms with Crippen molar-refractivity contribution in [3.63, 3.8) is 0 Å². The lowest BCUT2D eigenvalue weighted by atomic mass is 9.86. The molecule has 0 aliphatic carbocycles. The van der Waals surface area contributed by atoms with E-state index in [0.717, 1.165) is 10.9 Å². The Bertz CT molecular complexity index is 723. The average molecular weight is 273 g/mol. The van der Waals surface area contributed by atoms with Crippen molar-refractivity contribution in [2.45, 2.75) is 39.2 Å². The van der Waals surface area contributed by atoms with Gasteiger partial charge in [-0.15, -0.1) is 0 Å². The first-order chi connectivity index (χ1) is 9.21. The van der Waals surface area contributed by atoms with Gasteiger partial charge in [-0.05, 0) is 35.4 Å². The maximum absolute atomic E-state index is 12.3. The van der Waals surface area contributed by atoms with E-state index in [4.69, 9.17) is 5.11 Å². The summed E-state index contributed by atoms with van der Waals surface area (Å²) in [5.74, 6) is -1.02. The normalized spacial score (nSPS) is 13.4. The monoisotopic (exact) mass is 273 g/mol. The molecular weight excluding hydrogens is 254 g/mol. The van der Waals surface area contributed by atoms with Crippen molar-refractivity contribution in [1.82, 2.24) is 4.57 Å². The van der Waals surface area contributed by atoms with E-state index in [0.29, 0.717) is 5.39 Å². The summed E-state index contributed by atoms with van der Waals surface area (Å²) in [4.78, 5) is 23.3. The third-order valence-electron chi connectivity index (χ3n) is 3.57. The lowest BCUT2D eigenvalue weighted by Crippen LogP contribution is -2.27. The van der Waals surface area contributed by atoms with Crippen LogP contribution in [0.25, 0.3) is 10.8 Å². The molecule has 4 heteroatoms. The van der Waals surface area contributed by atoms with Crippen molar-refractivity contribution in [1.29, 1.82) is 0 Å². The first-order valence-electron chi connectivity index (χ1n) is 6.60. The van der Waals surface area contributed by atoms with E-state index in [2.05, 4.69) is 20.8 Å². The van der Waals surface area contributed by atoms with Crippen LogP contribution in [-0.2, 0) is 10.2 Å². The molecule has 2 rings (SSSR count). The fourth-order valence-corrected chi connectivity index (χ4v) is 2.15. The number of aromatic nitrogens is 1. The van der Waals surface area contributed by atoms with Crippen LogP contribution in [-0.4, -0.2) is 15.6 Å². The number of aliphatic carboxylic acids is 1. The first-order valence-corrected chi connectivity index (χ1v) is 6.60. The summed E-state index contributed by atoms with van der Waals surface area (Å²) in [5.41, 5.74) is 0.892. The van der Waals surface area contributed by atoms with Crippen molar-refractivity contribution in [2.75, 3.05) is 0 Å². The molecule has 1 aromatic heterocycles. The molecule has 0 aliphatic heterocycles. The van der Waals surface area contributed by atoms with Crippen molar-refractivity contribution < 1.29 is 9.90 Å². The molecule has 106 valence electrons. The zero-order valence-corrected chi connectivity index (χ0v) is 12.2. The molecule has 0 bridgehead atoms. The number of fused-ring (bicyclic) bond motifs is 1. The van der Waals surface area contributed by atoms with Gasteiger partial charge >= 0.3 is 5.97 Å². The molecule has 1 heterocycles. The Kier molecular flexibility index (Phi) is 3.42. The zero-order chi connectivity index (χ0) is 15.1. The van der Waals surface area contributed by atoms with Crippen LogP contribution in [0.15, 0.2) is 35.3 Å². The molecule has 1 atom stereocenters. The minimum Gasteiger partial charge on any atom is -0.480 e. The number of hydrogen-bond acceptors (Lipinski definition) is 2. The number of carboxylic acids is 1. The molecule has 0 saturated heterocycles. The maximum atomic E-state index is 12.3. The van der Waals surface area contributed by atoms with E-state index < -0.39 is 12.0 Å². The van der Waals surface area contributed by atoms with Crippen LogP contribution in [0.2, 0.25) is 0 Å². The van der Waals surface area contributed by atoms with Crippen molar-refractivity contribution in [3.05, 3.63) is 46.4 Å². The largest absolute Gasteiger partial charge is 0.480 e. The minimum atomic E-state index is -1.02. The maximum Gasteiger partial charge on any atom is 0.326 e. The van der Waals surface area contributed by atoms with Crippen molar-refractivity contribution in [3.8, 4) is 0 Å². The molecule has 1 N–H and O–H groups in total. The van der Waals surface area contributed by atoms with Crippen LogP contribution in [0.1, 0.15) is 39.3 Å². The summed E-state index contributed by atoms with van der Waals surface area (Å²) in [5, 5.41) is 10.4. The van der Waals surface area contributed by atoms with Gasteiger partial charge in [0, 0.05) is 11.6 Å². The summed E-state index contributed by atoms with van der Waals surface area (Å²) >= 11 is 0. The molecular formula is C16H19NO3. The van der Waals surface area contributed by atoms with Crippen LogP contribution in [0, 0.1) is 0 Å². The molecule has 4 nitrogen and oxygen atoms in total. The van der Waals surface area contributed by atoms with Gasteiger partial charge in [0.15, 0.2) is 0 Å². The SMILES string of the molecule is CC(C(=O)O)n1ccc2cc(C(C)(C)C)ccc2c1=O. The molecule has 0 fully saturated rings. The number of carboxylic acid groups (broad SMARTS) is 1. The highest BCUT2D eigenvalue weighted by molar-refractivity contribution is 5.83. The van der Waals surface area contributed by atoms with Gasteiger partial charge in [0.05, 0.1) is 0 Å². The lowest BCUT2D eigenvalue weighted by Gasteiger charge is -2.19. The van der Waals surface area contributed by atoms with E-state index in [1.54, 1.807) is 18.3 Å². The molecule has 0 radical (unpaired) electrons. The van der Waals surface area contributed by atoms with Gasteiger partial charge in [0.1, 0.15) is 6.04 Å². The molecule has 1 aromatic carbocycles. The third-order valence-corrected chi connectivity index (χ3v) is 3.57. The Morgan fingerprint density at radius 3 is 2.45 bits per heavy atom. The summed E-state index contributed by atoms with van der Waals surface area (Å²) in [6, 6.07) is 6.63. The molecule has 0 amide bonds. The van der Waals surface area contributed by atoms with Gasteiger partial charge < -0.3 is 9.67 Å². The summed E-state index contributed by atoms with van der Waals surface area (Å²) < 4.78 is 1.25. The van der Waals surface area contributed by atoms with E-state index in [-0.39, 0.29) is 11.0 Å². The van der Waals surface area contributed by atoms with Crippen LogP contribution in [0.5, 0.6) is 0 Å². The third kappa shape index (κ3) is 2.46. The van der Waals surface area contributed by atoms with E-state index in [1.807, 2.05) is 12.1 Å². The van der Waals surface area contributed by atoms with Crippen LogP contribution < -0.4 is 5.56 Å². The van der Waals surface area contributed by atoms with E-state index >= 15 is 0 Å². The number of nitrogens with zero attached hydrogens (tertiary/aromatic N) is 1. The number of benzene rings is 1. The van der Waals surface area contributed by atoms with Crippen molar-refractivity contribution in [2.24, 2.45) is 0 Å². The van der Waals surface area contributed by atoms with E-state index in [9.17, 15) is 9.59 Å². The highest BCUT2D eigenvalue weighted by atomic mass is 16.4. The van der Waals surface area contributed by atoms with Crippen LogP contribution in [0.3, 0.4) is 0 Å². The second-order valence-electron chi connectivity index (χ2n) is 6.09. The average Bonchev–Trinajstić information content (AvgIpc) is 2.37. The zero-order valence-electron chi connectivity index (χ0n) is 12.2. The van der Waals surface area contributed by atoms with Gasteiger partial charge in [-0.25, -0.2) is 4.79 Å². The van der Waals surface area contributed by atoms with Crippen LogP contribution in [0.4, 0.5) is 0 Å². The smallest absolute Gasteiger partial charge is 0.326 e. The topological polar surface area (TPSA) is 59.3 Å². The predicted molar refractivity (Wildman–Crippen MR) is 79.3 cm³/mol. The number of carbonyl (C=O) groups is 1. The molecule has 2 aromatic rings. The second kappa shape index (κ2) is 4.78. The summed E-state index contributed by atoms with van der Waals surface area (Å²) in [6.45, 7) is 7.84. The van der Waals surface area contributed by atoms with Gasteiger partial charge in [0.25, 0.3) is 5.56 Å². The highest BCUT2D eigenvalue weighted by Crippen LogP contribution is 2.25. The van der Waals surface area contributed by atoms with Gasteiger partial charge in [-0.2, -0.15) is 0 Å². The predicted octanol–water partition coefficient (Wildman–Crippen LogP) is 2.94. The molecule has 20 heavy (non-hydrogen) atoms. The highest BCUT2D eigenvalue weighted by Gasteiger charge is 2.17. The number of rotatable bonds is 2. The summed E-state index contributed by atoms with van der Waals surface area (Å²) in [6.07, 6.45) is 1.55. The minimum absolute atomic E-state index is 0.0113. The van der Waals surface area contributed by atoms with Crippen LogP contribution >= 0.6 is 0 Å². The van der Waals surface area contributed by atoms with Crippen molar-refractivity contribution >= 4 is 16.7 Å². The standard InChI is InChI=1S/C16H19NO3/c1-10(15(19)20)17-8-7-11-9-12(16(2,3)4)5-6-13(11)14(17)18/h5-10H,1-4H3,(H,19,20). The fourth-order valence-electron chi connectivity index (χ4n) is 2.15. The molecule has 0 aliphatic rings. The molecule has 0 spiro atoms. The molecule has 0 saturated carbocycles. The summed E-state index contributed by atoms with van der Waals surface area (Å²) in [7, 11) is 0. The van der Waals surface area contributed by atoms with Gasteiger partial charge in [-0.3, -0.25) is 4.79 Å². The Morgan fingerprint density at radius 2 is 1.90 bits per heavy atom. The Morgan fingerprint density at radius 1 is 1.25 bits per heavy atom. The second-order valence-corrected chi connectivity index (χ2v) is 6.09. The van der Waals surface area contributed by atoms with Gasteiger partial charge in [-0.1, -0.05) is 32.9 Å². The fraction of sp³-hybridized carbons (Fsp3) is 0.375. The number of hydrogen-bond donors (Lipinski definition) is 1.